The molecule has 2 fully saturated rings. The van der Waals surface area contributed by atoms with Crippen LogP contribution in [0.4, 0.5) is 4.79 Å². The summed E-state index contributed by atoms with van der Waals surface area (Å²) in [5, 5.41) is 13.5. The molecule has 0 unspecified atom stereocenters. The maximum absolute atomic E-state index is 12.0. The third-order valence-corrected chi connectivity index (χ3v) is 3.98. The molecule has 0 aromatic heterocycles. The van der Waals surface area contributed by atoms with E-state index in [0.29, 0.717) is 45.6 Å². The number of carbonyl (C=O) groups excluding carboxylic acids is 2. The number of nitrogens with zero attached hydrogens (tertiary/aromatic N) is 2. The van der Waals surface area contributed by atoms with Crippen LogP contribution in [0.25, 0.3) is 0 Å². The molecule has 0 spiro atoms. The number of nitrogens with one attached hydrogen (secondary N) is 1. The van der Waals surface area contributed by atoms with E-state index < -0.39 is 11.2 Å². The number of carbonyl (C=O) groups is 2. The fourth-order valence-electron chi connectivity index (χ4n) is 2.83. The molecular weight excluding hydrogens is 286 g/mol. The number of hydrogen-bond donors (Lipinski definition) is 2. The van der Waals surface area contributed by atoms with Crippen LogP contribution in [-0.4, -0.2) is 77.4 Å². The first-order valence-corrected chi connectivity index (χ1v) is 7.86. The Bertz CT molecular complexity index is 425. The highest BCUT2D eigenvalue weighted by Gasteiger charge is 2.37. The second-order valence-electron chi connectivity index (χ2n) is 7.25. The minimum Gasteiger partial charge on any atom is -0.444 e. The Kier molecular flexibility index (Phi) is 4.97. The zero-order valence-electron chi connectivity index (χ0n) is 13.7. The van der Waals surface area contributed by atoms with Crippen molar-refractivity contribution in [3.63, 3.8) is 0 Å². The lowest BCUT2D eigenvalue weighted by atomic mass is 9.90. The summed E-state index contributed by atoms with van der Waals surface area (Å²) in [5.41, 5.74) is -1.35. The summed E-state index contributed by atoms with van der Waals surface area (Å²) in [6.07, 6.45) is 0.682. The number of piperidine rings is 1. The third-order valence-electron chi connectivity index (χ3n) is 3.98. The van der Waals surface area contributed by atoms with E-state index in [2.05, 4.69) is 5.32 Å². The van der Waals surface area contributed by atoms with Crippen molar-refractivity contribution >= 4 is 12.0 Å². The highest BCUT2D eigenvalue weighted by molar-refractivity contribution is 5.78. The van der Waals surface area contributed by atoms with Crippen molar-refractivity contribution in [1.82, 2.24) is 15.1 Å². The molecule has 2 amide bonds. The summed E-state index contributed by atoms with van der Waals surface area (Å²) < 4.78 is 5.35. The number of aliphatic hydroxyl groups is 1. The van der Waals surface area contributed by atoms with E-state index in [1.807, 2.05) is 25.7 Å². The summed E-state index contributed by atoms with van der Waals surface area (Å²) >= 11 is 0. The molecule has 2 heterocycles. The van der Waals surface area contributed by atoms with Gasteiger partial charge in [0.25, 0.3) is 0 Å². The number of ether oxygens (including phenoxy) is 1. The molecular formula is C15H27N3O4. The molecule has 0 radical (unpaired) electrons. The molecule has 0 saturated carbocycles. The first-order valence-electron chi connectivity index (χ1n) is 7.86. The zero-order valence-corrected chi connectivity index (χ0v) is 13.7. The van der Waals surface area contributed by atoms with Crippen LogP contribution in [0.1, 0.15) is 33.6 Å². The van der Waals surface area contributed by atoms with Gasteiger partial charge in [0.15, 0.2) is 0 Å². The Hall–Kier alpha value is -1.34. The van der Waals surface area contributed by atoms with Gasteiger partial charge in [0.05, 0.1) is 12.1 Å². The topological polar surface area (TPSA) is 82.1 Å². The minimum atomic E-state index is -0.837. The summed E-state index contributed by atoms with van der Waals surface area (Å²) in [6.45, 7) is 8.66. The van der Waals surface area contributed by atoms with Gasteiger partial charge in [-0.05, 0) is 33.6 Å². The minimum absolute atomic E-state index is 0.000964. The van der Waals surface area contributed by atoms with Crippen LogP contribution in [-0.2, 0) is 9.53 Å². The molecule has 0 aliphatic carbocycles. The Balaban J connectivity index is 1.82. The van der Waals surface area contributed by atoms with Crippen molar-refractivity contribution < 1.29 is 19.4 Å². The van der Waals surface area contributed by atoms with E-state index in [1.54, 1.807) is 4.90 Å². The lowest BCUT2D eigenvalue weighted by molar-refractivity contribution is -0.125. The average Bonchev–Trinajstić information content (AvgIpc) is 2.36. The Labute approximate surface area is 131 Å². The fraction of sp³-hybridized carbons (Fsp3) is 0.867. The van der Waals surface area contributed by atoms with Gasteiger partial charge in [0, 0.05) is 32.7 Å². The highest BCUT2D eigenvalue weighted by Crippen LogP contribution is 2.25. The van der Waals surface area contributed by atoms with Crippen LogP contribution in [0, 0.1) is 0 Å². The van der Waals surface area contributed by atoms with Crippen molar-refractivity contribution in [2.24, 2.45) is 0 Å². The summed E-state index contributed by atoms with van der Waals surface area (Å²) in [5.74, 6) is 0.000964. The molecule has 2 rings (SSSR count). The van der Waals surface area contributed by atoms with Crippen molar-refractivity contribution in [3.05, 3.63) is 0 Å². The summed E-state index contributed by atoms with van der Waals surface area (Å²) in [4.78, 5) is 27.0. The molecule has 22 heavy (non-hydrogen) atoms. The third kappa shape index (κ3) is 4.84. The van der Waals surface area contributed by atoms with Crippen LogP contribution in [0.2, 0.25) is 0 Å². The van der Waals surface area contributed by atoms with Gasteiger partial charge in [-0.1, -0.05) is 0 Å². The molecule has 126 valence electrons. The van der Waals surface area contributed by atoms with E-state index in [1.165, 1.54) is 0 Å². The molecule has 2 aliphatic heterocycles. The monoisotopic (exact) mass is 313 g/mol. The molecule has 0 aromatic rings. The first kappa shape index (κ1) is 17.0. The van der Waals surface area contributed by atoms with E-state index in [-0.39, 0.29) is 12.0 Å². The Morgan fingerprint density at radius 3 is 2.50 bits per heavy atom. The van der Waals surface area contributed by atoms with Gasteiger partial charge >= 0.3 is 6.09 Å². The van der Waals surface area contributed by atoms with Crippen molar-refractivity contribution in [2.75, 3.05) is 39.3 Å². The molecule has 2 saturated heterocycles. The molecule has 2 N–H and O–H groups in total. The van der Waals surface area contributed by atoms with E-state index in [9.17, 15) is 14.7 Å². The lowest BCUT2D eigenvalue weighted by Crippen LogP contribution is -2.56. The van der Waals surface area contributed by atoms with Gasteiger partial charge in [-0.3, -0.25) is 9.69 Å². The number of likely N-dealkylation sites (tertiary alicyclic amines) is 1. The predicted octanol–water partition coefficient (Wildman–Crippen LogP) is 0.180. The average molecular weight is 313 g/mol. The summed E-state index contributed by atoms with van der Waals surface area (Å²) in [6, 6.07) is 0. The van der Waals surface area contributed by atoms with Gasteiger partial charge in [-0.15, -0.1) is 0 Å². The summed E-state index contributed by atoms with van der Waals surface area (Å²) in [7, 11) is 0. The largest absolute Gasteiger partial charge is 0.444 e. The van der Waals surface area contributed by atoms with Crippen LogP contribution in [0.15, 0.2) is 0 Å². The number of hydrogen-bond acceptors (Lipinski definition) is 5. The molecule has 0 bridgehead atoms. The van der Waals surface area contributed by atoms with Crippen LogP contribution < -0.4 is 5.32 Å². The molecule has 0 atom stereocenters. The Morgan fingerprint density at radius 1 is 1.32 bits per heavy atom. The lowest BCUT2D eigenvalue weighted by Gasteiger charge is -2.41. The van der Waals surface area contributed by atoms with Crippen molar-refractivity contribution in [2.45, 2.75) is 44.8 Å². The van der Waals surface area contributed by atoms with Gasteiger partial charge in [0.2, 0.25) is 5.91 Å². The molecule has 2 aliphatic rings. The maximum atomic E-state index is 12.0. The maximum Gasteiger partial charge on any atom is 0.410 e. The zero-order chi connectivity index (χ0) is 16.4. The van der Waals surface area contributed by atoms with Crippen LogP contribution in [0.3, 0.4) is 0 Å². The normalized spacial score (nSPS) is 23.1. The van der Waals surface area contributed by atoms with E-state index >= 15 is 0 Å². The van der Waals surface area contributed by atoms with Gasteiger partial charge in [-0.25, -0.2) is 4.79 Å². The standard InChI is InChI=1S/C15H27N3O4/c1-14(2,3)22-13(20)18-7-4-15(21,5-8-18)11-17-9-6-16-12(19)10-17/h21H,4-11H2,1-3H3,(H,16,19). The predicted molar refractivity (Wildman–Crippen MR) is 81.4 cm³/mol. The van der Waals surface area contributed by atoms with Crippen molar-refractivity contribution in [1.29, 1.82) is 0 Å². The molecule has 7 nitrogen and oxygen atoms in total. The molecule has 7 heteroatoms. The van der Waals surface area contributed by atoms with Crippen LogP contribution >= 0.6 is 0 Å². The van der Waals surface area contributed by atoms with E-state index in [4.69, 9.17) is 4.74 Å². The Morgan fingerprint density at radius 2 is 1.95 bits per heavy atom. The van der Waals surface area contributed by atoms with Gasteiger partial charge in [-0.2, -0.15) is 0 Å². The second kappa shape index (κ2) is 6.42. The fourth-order valence-corrected chi connectivity index (χ4v) is 2.83. The van der Waals surface area contributed by atoms with E-state index in [0.717, 1.165) is 6.54 Å². The number of rotatable bonds is 2. The first-order chi connectivity index (χ1) is 10.2. The number of amides is 2. The quantitative estimate of drug-likeness (QED) is 0.760. The van der Waals surface area contributed by atoms with Gasteiger partial charge in [0.1, 0.15) is 5.60 Å². The van der Waals surface area contributed by atoms with Crippen LogP contribution in [0.5, 0.6) is 0 Å². The van der Waals surface area contributed by atoms with Crippen molar-refractivity contribution in [3.8, 4) is 0 Å². The van der Waals surface area contributed by atoms with Gasteiger partial charge < -0.3 is 20.1 Å². The smallest absolute Gasteiger partial charge is 0.410 e. The number of β-amino-alcohol motifs (C(OH)–C–C–N with tert-alkyl or cyclic N) is 1. The SMILES string of the molecule is CC(C)(C)OC(=O)N1CCC(O)(CN2CCNC(=O)C2)CC1. The highest BCUT2D eigenvalue weighted by atomic mass is 16.6. The number of piperazine rings is 1. The second-order valence-corrected chi connectivity index (χ2v) is 7.25. The molecule has 0 aromatic carbocycles.